The van der Waals surface area contributed by atoms with Crippen molar-refractivity contribution in [1.29, 1.82) is 0 Å². The van der Waals surface area contributed by atoms with Crippen LogP contribution in [0.15, 0.2) is 23.9 Å². The average molecular weight is 319 g/mol. The standard InChI is InChI=1S/C14H16N.C5H5.Fe/c1-11-13-6-8-15(9-7-13)14(11)10-12-4-2-3-5-12;1-2-4-5-3-1;/h2-5,10,13H,1,6-9H2;1-5H;/q;;+2/b14-10+;;. The molecule has 10 radical (unpaired) electrons. The summed E-state index contributed by atoms with van der Waals surface area (Å²) in [5, 5.41) is 0. The largest absolute Gasteiger partial charge is 2.00 e. The van der Waals surface area contributed by atoms with E-state index in [1.807, 2.05) is 32.1 Å². The zero-order chi connectivity index (χ0) is 13.8. The second-order valence-corrected chi connectivity index (χ2v) is 5.50. The van der Waals surface area contributed by atoms with Crippen molar-refractivity contribution in [2.24, 2.45) is 5.92 Å². The van der Waals surface area contributed by atoms with Gasteiger partial charge in [-0.2, -0.15) is 0 Å². The van der Waals surface area contributed by atoms with Gasteiger partial charge in [0.05, 0.1) is 0 Å². The predicted octanol–water partition coefficient (Wildman–Crippen LogP) is 3.58. The van der Waals surface area contributed by atoms with Gasteiger partial charge >= 0.3 is 17.1 Å². The van der Waals surface area contributed by atoms with E-state index in [1.54, 1.807) is 0 Å². The summed E-state index contributed by atoms with van der Waals surface area (Å²) in [5.41, 5.74) is 2.73. The van der Waals surface area contributed by atoms with E-state index >= 15 is 0 Å². The quantitative estimate of drug-likeness (QED) is 0.668. The van der Waals surface area contributed by atoms with Gasteiger partial charge in [-0.05, 0) is 82.1 Å². The van der Waals surface area contributed by atoms with Crippen molar-refractivity contribution in [1.82, 2.24) is 4.90 Å². The van der Waals surface area contributed by atoms with Gasteiger partial charge in [-0.1, -0.05) is 12.7 Å². The Labute approximate surface area is 141 Å². The zero-order valence-corrected chi connectivity index (χ0v) is 13.3. The van der Waals surface area contributed by atoms with E-state index in [0.717, 1.165) is 5.92 Å². The minimum absolute atomic E-state index is 0. The van der Waals surface area contributed by atoms with Crippen molar-refractivity contribution in [3.63, 3.8) is 0 Å². The number of hydrogen-bond acceptors (Lipinski definition) is 1. The van der Waals surface area contributed by atoms with Gasteiger partial charge in [0.2, 0.25) is 0 Å². The molecule has 0 aromatic rings. The Kier molecular flexibility index (Phi) is 6.89. The Morgan fingerprint density at radius 1 is 0.905 bits per heavy atom. The first-order chi connectivity index (χ1) is 9.84. The fraction of sp³-hybridized carbons (Fsp3) is 0.263. The molecular weight excluding hydrogens is 298 g/mol. The molecule has 3 aliphatic heterocycles. The monoisotopic (exact) mass is 319 g/mol. The number of piperidine rings is 3. The summed E-state index contributed by atoms with van der Waals surface area (Å²) in [4.78, 5) is 2.48. The Hall–Kier alpha value is -0.201. The molecule has 0 spiro atoms. The fourth-order valence-corrected chi connectivity index (χ4v) is 3.03. The second kappa shape index (κ2) is 8.44. The molecule has 108 valence electrons. The maximum Gasteiger partial charge on any atom is 2.00 e. The van der Waals surface area contributed by atoms with Gasteiger partial charge in [0.15, 0.2) is 0 Å². The van der Waals surface area contributed by atoms with Crippen molar-refractivity contribution < 1.29 is 17.1 Å². The van der Waals surface area contributed by atoms with Gasteiger partial charge in [-0.25, -0.2) is 0 Å². The second-order valence-electron chi connectivity index (χ2n) is 5.50. The first kappa shape index (κ1) is 17.2. The van der Waals surface area contributed by atoms with Crippen molar-refractivity contribution >= 4 is 0 Å². The van der Waals surface area contributed by atoms with Gasteiger partial charge in [0, 0.05) is 24.7 Å². The molecule has 5 rings (SSSR count). The smallest absolute Gasteiger partial charge is 0.372 e. The van der Waals surface area contributed by atoms with Crippen LogP contribution in [0, 0.1) is 69.6 Å². The maximum absolute atomic E-state index is 4.25. The number of fused-ring (bicyclic) bond motifs is 3. The fourth-order valence-electron chi connectivity index (χ4n) is 3.03. The first-order valence-electron chi connectivity index (χ1n) is 7.39. The molecule has 5 fully saturated rings. The SMILES string of the molecule is C=C1/C(=C\[C]2[CH][CH][CH][CH]2)N2CCC1CC2.[CH]1[CH][CH][CH][CH]1.[Fe+2]. The third-order valence-corrected chi connectivity index (χ3v) is 4.20. The average Bonchev–Trinajstić information content (AvgIpc) is 3.19. The summed E-state index contributed by atoms with van der Waals surface area (Å²) in [6, 6.07) is 0. The van der Waals surface area contributed by atoms with Crippen LogP contribution in [0.1, 0.15) is 12.8 Å². The summed E-state index contributed by atoms with van der Waals surface area (Å²) in [6.45, 7) is 6.69. The van der Waals surface area contributed by atoms with Gasteiger partial charge in [-0.3, -0.25) is 0 Å². The molecule has 3 saturated heterocycles. The van der Waals surface area contributed by atoms with E-state index in [0.29, 0.717) is 0 Å². The Balaban J connectivity index is 0.000000231. The van der Waals surface area contributed by atoms with Gasteiger partial charge in [0.25, 0.3) is 0 Å². The number of hydrogen-bond donors (Lipinski definition) is 0. The summed E-state index contributed by atoms with van der Waals surface area (Å²) in [7, 11) is 0. The number of nitrogens with zero attached hydrogens (tertiary/aromatic N) is 1. The van der Waals surface area contributed by atoms with Gasteiger partial charge in [0.1, 0.15) is 0 Å². The maximum atomic E-state index is 4.25. The van der Waals surface area contributed by atoms with Crippen molar-refractivity contribution in [2.45, 2.75) is 12.8 Å². The van der Waals surface area contributed by atoms with Crippen LogP contribution < -0.4 is 0 Å². The number of allylic oxidation sites excluding steroid dienone is 2. The molecular formula is C19H21FeN+2. The van der Waals surface area contributed by atoms with E-state index < -0.39 is 0 Å². The predicted molar refractivity (Wildman–Crippen MR) is 83.5 cm³/mol. The molecule has 0 unspecified atom stereocenters. The molecule has 2 bridgehead atoms. The summed E-state index contributed by atoms with van der Waals surface area (Å²) in [5.74, 6) is 2.05. The normalized spacial score (nSPS) is 27.7. The van der Waals surface area contributed by atoms with Crippen molar-refractivity contribution in [2.75, 3.05) is 13.1 Å². The first-order valence-corrected chi connectivity index (χ1v) is 7.39. The molecule has 0 aromatic heterocycles. The van der Waals surface area contributed by atoms with Crippen LogP contribution in [-0.2, 0) is 17.1 Å². The number of rotatable bonds is 1. The molecule has 2 aliphatic carbocycles. The van der Waals surface area contributed by atoms with Crippen LogP contribution in [0.5, 0.6) is 0 Å². The van der Waals surface area contributed by atoms with Crippen LogP contribution in [0.4, 0.5) is 0 Å². The van der Waals surface area contributed by atoms with Gasteiger partial charge < -0.3 is 4.90 Å². The Morgan fingerprint density at radius 2 is 1.43 bits per heavy atom. The molecule has 1 nitrogen and oxygen atoms in total. The van der Waals surface area contributed by atoms with Crippen LogP contribution in [0.2, 0.25) is 0 Å². The molecule has 21 heavy (non-hydrogen) atoms. The molecule has 0 atom stereocenters. The van der Waals surface area contributed by atoms with E-state index in [-0.39, 0.29) is 17.1 Å². The summed E-state index contributed by atoms with van der Waals surface area (Å²) in [6.07, 6.45) is 23.4. The molecule has 3 heterocycles. The minimum atomic E-state index is 0. The van der Waals surface area contributed by atoms with Crippen LogP contribution in [-0.4, -0.2) is 18.0 Å². The Bertz CT molecular complexity index is 348. The molecule has 2 heteroatoms. The molecule has 5 aliphatic rings. The summed E-state index contributed by atoms with van der Waals surface area (Å²) < 4.78 is 0. The van der Waals surface area contributed by atoms with Crippen LogP contribution in [0.25, 0.3) is 0 Å². The zero-order valence-electron chi connectivity index (χ0n) is 12.2. The van der Waals surface area contributed by atoms with Crippen molar-refractivity contribution in [3.05, 3.63) is 87.6 Å². The van der Waals surface area contributed by atoms with Gasteiger partial charge in [-0.15, -0.1) is 0 Å². The minimum Gasteiger partial charge on any atom is -0.372 e. The van der Waals surface area contributed by atoms with E-state index in [2.05, 4.69) is 43.2 Å². The topological polar surface area (TPSA) is 3.24 Å². The third-order valence-electron chi connectivity index (χ3n) is 4.20. The molecule has 0 N–H and O–H groups in total. The molecule has 2 saturated carbocycles. The third kappa shape index (κ3) is 4.39. The van der Waals surface area contributed by atoms with E-state index in [9.17, 15) is 0 Å². The summed E-state index contributed by atoms with van der Waals surface area (Å²) >= 11 is 0. The van der Waals surface area contributed by atoms with E-state index in [1.165, 1.54) is 43.1 Å². The van der Waals surface area contributed by atoms with Crippen LogP contribution >= 0.6 is 0 Å². The molecule has 0 aromatic carbocycles. The van der Waals surface area contributed by atoms with Crippen LogP contribution in [0.3, 0.4) is 0 Å². The molecule has 0 amide bonds. The van der Waals surface area contributed by atoms with Crippen molar-refractivity contribution in [3.8, 4) is 0 Å². The van der Waals surface area contributed by atoms with E-state index in [4.69, 9.17) is 0 Å². The Morgan fingerprint density at radius 3 is 1.90 bits per heavy atom.